The number of hydrogen-bond donors (Lipinski definition) is 0. The van der Waals surface area contributed by atoms with Crippen LogP contribution in [0.25, 0.3) is 0 Å². The van der Waals surface area contributed by atoms with Crippen LogP contribution in [0.1, 0.15) is 15.9 Å². The van der Waals surface area contributed by atoms with Crippen molar-refractivity contribution in [2.24, 2.45) is 0 Å². The smallest absolute Gasteiger partial charge is 0.257 e. The molecule has 1 aromatic heterocycles. The highest BCUT2D eigenvalue weighted by atomic mass is 16.3. The Morgan fingerprint density at radius 2 is 1.85 bits per heavy atom. The summed E-state index contributed by atoms with van der Waals surface area (Å²) in [6, 6.07) is 10.1. The summed E-state index contributed by atoms with van der Waals surface area (Å²) in [5, 5.41) is 0. The molecule has 0 N–H and O–H groups in total. The van der Waals surface area contributed by atoms with Crippen LogP contribution in [0.4, 0.5) is 5.69 Å². The highest BCUT2D eigenvalue weighted by Gasteiger charge is 2.23. The number of nitrogens with zero attached hydrogens (tertiary/aromatic N) is 2. The molecule has 0 saturated carbocycles. The van der Waals surface area contributed by atoms with Gasteiger partial charge in [-0.25, -0.2) is 0 Å². The number of hydrogen-bond acceptors (Lipinski definition) is 3. The minimum Gasteiger partial charge on any atom is -0.472 e. The highest BCUT2D eigenvalue weighted by molar-refractivity contribution is 5.94. The van der Waals surface area contributed by atoms with Gasteiger partial charge in [0.25, 0.3) is 5.91 Å². The monoisotopic (exact) mass is 270 g/mol. The van der Waals surface area contributed by atoms with E-state index < -0.39 is 0 Å². The van der Waals surface area contributed by atoms with Crippen LogP contribution in [-0.2, 0) is 0 Å². The molecule has 0 radical (unpaired) electrons. The third-order valence-corrected chi connectivity index (χ3v) is 3.79. The number of carbonyl (C=O) groups is 1. The number of aryl methyl sites for hydroxylation is 1. The molecule has 0 spiro atoms. The fraction of sp³-hybridized carbons (Fsp3) is 0.312. The summed E-state index contributed by atoms with van der Waals surface area (Å²) in [6.07, 6.45) is 3.05. The third-order valence-electron chi connectivity index (χ3n) is 3.79. The van der Waals surface area contributed by atoms with Crippen LogP contribution in [0.2, 0.25) is 0 Å². The quantitative estimate of drug-likeness (QED) is 0.841. The van der Waals surface area contributed by atoms with E-state index in [1.807, 2.05) is 4.90 Å². The molecule has 4 heteroatoms. The number of furan rings is 1. The SMILES string of the molecule is Cc1ccccc1N1CCN(C(=O)c2ccoc2)CC1. The predicted molar refractivity (Wildman–Crippen MR) is 78.0 cm³/mol. The van der Waals surface area contributed by atoms with Gasteiger partial charge in [-0.15, -0.1) is 0 Å². The summed E-state index contributed by atoms with van der Waals surface area (Å²) >= 11 is 0. The van der Waals surface area contributed by atoms with Crippen molar-refractivity contribution in [3.63, 3.8) is 0 Å². The molecule has 104 valence electrons. The Morgan fingerprint density at radius 3 is 2.50 bits per heavy atom. The third kappa shape index (κ3) is 2.41. The second-order valence-electron chi connectivity index (χ2n) is 5.08. The zero-order chi connectivity index (χ0) is 13.9. The lowest BCUT2D eigenvalue weighted by molar-refractivity contribution is 0.0746. The Morgan fingerprint density at radius 1 is 1.10 bits per heavy atom. The molecule has 1 aliphatic heterocycles. The second-order valence-corrected chi connectivity index (χ2v) is 5.08. The zero-order valence-electron chi connectivity index (χ0n) is 11.6. The van der Waals surface area contributed by atoms with Crippen LogP contribution >= 0.6 is 0 Å². The van der Waals surface area contributed by atoms with E-state index in [4.69, 9.17) is 4.42 Å². The minimum atomic E-state index is 0.0585. The van der Waals surface area contributed by atoms with Crippen molar-refractivity contribution in [3.8, 4) is 0 Å². The molecule has 1 fully saturated rings. The van der Waals surface area contributed by atoms with Gasteiger partial charge in [0, 0.05) is 31.9 Å². The van der Waals surface area contributed by atoms with E-state index in [1.54, 1.807) is 6.07 Å². The number of amides is 1. The fourth-order valence-electron chi connectivity index (χ4n) is 2.64. The summed E-state index contributed by atoms with van der Waals surface area (Å²) in [6.45, 7) is 5.36. The fourth-order valence-corrected chi connectivity index (χ4v) is 2.64. The van der Waals surface area contributed by atoms with E-state index >= 15 is 0 Å². The maximum absolute atomic E-state index is 12.2. The lowest BCUT2D eigenvalue weighted by Crippen LogP contribution is -2.48. The first-order chi connectivity index (χ1) is 9.75. The summed E-state index contributed by atoms with van der Waals surface area (Å²) in [5.41, 5.74) is 3.18. The number of benzene rings is 1. The van der Waals surface area contributed by atoms with Crippen molar-refractivity contribution in [1.29, 1.82) is 0 Å². The first-order valence-electron chi connectivity index (χ1n) is 6.88. The number of rotatable bonds is 2. The van der Waals surface area contributed by atoms with E-state index in [-0.39, 0.29) is 5.91 Å². The largest absolute Gasteiger partial charge is 0.472 e. The lowest BCUT2D eigenvalue weighted by Gasteiger charge is -2.36. The van der Waals surface area contributed by atoms with E-state index in [0.29, 0.717) is 5.56 Å². The molecule has 1 amide bonds. The van der Waals surface area contributed by atoms with Crippen molar-refractivity contribution in [3.05, 3.63) is 54.0 Å². The van der Waals surface area contributed by atoms with Crippen LogP contribution < -0.4 is 4.90 Å². The first-order valence-corrected chi connectivity index (χ1v) is 6.88. The van der Waals surface area contributed by atoms with E-state index in [0.717, 1.165) is 26.2 Å². The predicted octanol–water partition coefficient (Wildman–Crippen LogP) is 2.55. The summed E-state index contributed by atoms with van der Waals surface area (Å²) in [5.74, 6) is 0.0585. The van der Waals surface area contributed by atoms with E-state index in [2.05, 4.69) is 36.1 Å². The van der Waals surface area contributed by atoms with Crippen LogP contribution in [0, 0.1) is 6.92 Å². The minimum absolute atomic E-state index is 0.0585. The van der Waals surface area contributed by atoms with Crippen molar-refractivity contribution < 1.29 is 9.21 Å². The normalized spacial score (nSPS) is 15.4. The maximum atomic E-state index is 12.2. The molecule has 2 heterocycles. The van der Waals surface area contributed by atoms with Crippen LogP contribution in [-0.4, -0.2) is 37.0 Å². The molecule has 0 atom stereocenters. The van der Waals surface area contributed by atoms with Gasteiger partial charge >= 0.3 is 0 Å². The number of anilines is 1. The molecule has 0 unspecified atom stereocenters. The molecular formula is C16H18N2O2. The number of piperazine rings is 1. The Balaban J connectivity index is 1.65. The molecule has 2 aromatic rings. The van der Waals surface area contributed by atoms with Crippen molar-refractivity contribution in [1.82, 2.24) is 4.90 Å². The van der Waals surface area contributed by atoms with Gasteiger partial charge in [-0.2, -0.15) is 0 Å². The molecular weight excluding hydrogens is 252 g/mol. The number of para-hydroxylation sites is 1. The lowest BCUT2D eigenvalue weighted by atomic mass is 10.1. The Bertz CT molecular complexity index is 584. The molecule has 20 heavy (non-hydrogen) atoms. The highest BCUT2D eigenvalue weighted by Crippen LogP contribution is 2.21. The molecule has 4 nitrogen and oxygen atoms in total. The molecule has 1 saturated heterocycles. The van der Waals surface area contributed by atoms with E-state index in [9.17, 15) is 4.79 Å². The van der Waals surface area contributed by atoms with Crippen molar-refractivity contribution in [2.75, 3.05) is 31.1 Å². The van der Waals surface area contributed by atoms with Gasteiger partial charge in [-0.1, -0.05) is 18.2 Å². The summed E-state index contributed by atoms with van der Waals surface area (Å²) in [4.78, 5) is 16.4. The van der Waals surface area contributed by atoms with Crippen molar-refractivity contribution >= 4 is 11.6 Å². The van der Waals surface area contributed by atoms with Crippen LogP contribution in [0.5, 0.6) is 0 Å². The van der Waals surface area contributed by atoms with E-state index in [1.165, 1.54) is 23.8 Å². The van der Waals surface area contributed by atoms with Gasteiger partial charge in [0.2, 0.25) is 0 Å². The second kappa shape index (κ2) is 5.41. The average molecular weight is 270 g/mol. The maximum Gasteiger partial charge on any atom is 0.257 e. The van der Waals surface area contributed by atoms with Gasteiger partial charge in [0.1, 0.15) is 6.26 Å². The van der Waals surface area contributed by atoms with Crippen molar-refractivity contribution in [2.45, 2.75) is 6.92 Å². The molecule has 3 rings (SSSR count). The Kier molecular flexibility index (Phi) is 3.46. The van der Waals surface area contributed by atoms with Gasteiger partial charge in [-0.3, -0.25) is 4.79 Å². The first kappa shape index (κ1) is 12.8. The van der Waals surface area contributed by atoms with Gasteiger partial charge in [0.05, 0.1) is 11.8 Å². The molecule has 1 aromatic carbocycles. The molecule has 0 bridgehead atoms. The Hall–Kier alpha value is -2.23. The summed E-state index contributed by atoms with van der Waals surface area (Å²) < 4.78 is 4.97. The van der Waals surface area contributed by atoms with Crippen LogP contribution in [0.3, 0.4) is 0 Å². The summed E-state index contributed by atoms with van der Waals surface area (Å²) in [7, 11) is 0. The van der Waals surface area contributed by atoms with Gasteiger partial charge < -0.3 is 14.2 Å². The molecule has 0 aliphatic carbocycles. The van der Waals surface area contributed by atoms with Crippen LogP contribution in [0.15, 0.2) is 47.3 Å². The topological polar surface area (TPSA) is 36.7 Å². The van der Waals surface area contributed by atoms with Gasteiger partial charge in [-0.05, 0) is 24.6 Å². The standard InChI is InChI=1S/C16H18N2O2/c1-13-4-2-3-5-15(13)17-7-9-18(10-8-17)16(19)14-6-11-20-12-14/h2-6,11-12H,7-10H2,1H3. The number of carbonyl (C=O) groups excluding carboxylic acids is 1. The zero-order valence-corrected chi connectivity index (χ0v) is 11.6. The average Bonchev–Trinajstić information content (AvgIpc) is 3.01. The van der Waals surface area contributed by atoms with Gasteiger partial charge in [0.15, 0.2) is 0 Å². The Labute approximate surface area is 118 Å². The molecule has 1 aliphatic rings.